The Morgan fingerprint density at radius 3 is 2.67 bits per heavy atom. The minimum Gasteiger partial charge on any atom is -0.0758 e. The summed E-state index contributed by atoms with van der Waals surface area (Å²) >= 11 is 0. The molecule has 0 bridgehead atoms. The first kappa shape index (κ1) is 9.05. The van der Waals surface area contributed by atoms with E-state index in [0.717, 1.165) is 6.42 Å². The van der Waals surface area contributed by atoms with Crippen molar-refractivity contribution in [2.45, 2.75) is 27.2 Å². The van der Waals surface area contributed by atoms with Crippen LogP contribution in [0.25, 0.3) is 6.08 Å². The van der Waals surface area contributed by atoms with Crippen LogP contribution in [0.2, 0.25) is 0 Å². The highest BCUT2D eigenvalue weighted by atomic mass is 14.0. The van der Waals surface area contributed by atoms with Crippen molar-refractivity contribution in [3.05, 3.63) is 41.0 Å². The van der Waals surface area contributed by atoms with Gasteiger partial charge in [-0.15, -0.1) is 0 Å². The molecular weight excluding hydrogens is 144 g/mol. The van der Waals surface area contributed by atoms with Crippen LogP contribution in [0, 0.1) is 0 Å². The number of hydrogen-bond donors (Lipinski definition) is 0. The molecule has 12 heavy (non-hydrogen) atoms. The van der Waals surface area contributed by atoms with Gasteiger partial charge in [-0.05, 0) is 31.4 Å². The highest BCUT2D eigenvalue weighted by Crippen LogP contribution is 2.09. The molecule has 0 spiro atoms. The average molecular weight is 160 g/mol. The Morgan fingerprint density at radius 2 is 2.08 bits per heavy atom. The molecule has 0 aliphatic carbocycles. The van der Waals surface area contributed by atoms with Crippen LogP contribution >= 0.6 is 0 Å². The molecule has 64 valence electrons. The molecule has 0 aliphatic rings. The van der Waals surface area contributed by atoms with E-state index in [-0.39, 0.29) is 0 Å². The predicted octanol–water partition coefficient (Wildman–Crippen LogP) is 3.67. The monoisotopic (exact) mass is 160 g/mol. The van der Waals surface area contributed by atoms with E-state index in [1.165, 1.54) is 16.7 Å². The molecule has 0 aliphatic heterocycles. The van der Waals surface area contributed by atoms with Gasteiger partial charge in [0.1, 0.15) is 0 Å². The van der Waals surface area contributed by atoms with E-state index in [1.807, 2.05) is 0 Å². The molecule has 1 aromatic carbocycles. The fraction of sp³-hybridized carbons (Fsp3) is 0.333. The number of rotatable bonds is 2. The first-order valence-electron chi connectivity index (χ1n) is 4.46. The molecule has 0 fully saturated rings. The SMILES string of the molecule is CCc1cccc(C=C(C)C)c1. The molecule has 0 amide bonds. The normalized spacial score (nSPS) is 9.58. The number of allylic oxidation sites excluding steroid dienone is 1. The van der Waals surface area contributed by atoms with Gasteiger partial charge >= 0.3 is 0 Å². The van der Waals surface area contributed by atoms with E-state index < -0.39 is 0 Å². The van der Waals surface area contributed by atoms with E-state index in [0.29, 0.717) is 0 Å². The Bertz CT molecular complexity index is 278. The smallest absolute Gasteiger partial charge is 0.0255 e. The molecule has 0 heteroatoms. The third kappa shape index (κ3) is 2.54. The molecule has 0 saturated heterocycles. The van der Waals surface area contributed by atoms with Crippen LogP contribution in [0.1, 0.15) is 31.9 Å². The van der Waals surface area contributed by atoms with Gasteiger partial charge < -0.3 is 0 Å². The van der Waals surface area contributed by atoms with Crippen LogP contribution < -0.4 is 0 Å². The van der Waals surface area contributed by atoms with Crippen molar-refractivity contribution in [2.75, 3.05) is 0 Å². The average Bonchev–Trinajstić information content (AvgIpc) is 2.03. The summed E-state index contributed by atoms with van der Waals surface area (Å²) in [5, 5.41) is 0. The Labute approximate surface area is 74.9 Å². The maximum atomic E-state index is 2.24. The van der Waals surface area contributed by atoms with Crippen LogP contribution in [0.15, 0.2) is 29.8 Å². The van der Waals surface area contributed by atoms with Gasteiger partial charge in [-0.2, -0.15) is 0 Å². The van der Waals surface area contributed by atoms with Gasteiger partial charge in [0.25, 0.3) is 0 Å². The fourth-order valence-corrected chi connectivity index (χ4v) is 1.24. The topological polar surface area (TPSA) is 0 Å². The second kappa shape index (κ2) is 4.10. The van der Waals surface area contributed by atoms with E-state index in [2.05, 4.69) is 51.1 Å². The Kier molecular flexibility index (Phi) is 3.09. The second-order valence-electron chi connectivity index (χ2n) is 3.32. The molecular formula is C12H16. The lowest BCUT2D eigenvalue weighted by Gasteiger charge is -1.98. The second-order valence-corrected chi connectivity index (χ2v) is 3.32. The van der Waals surface area contributed by atoms with Crippen molar-refractivity contribution in [3.8, 4) is 0 Å². The first-order chi connectivity index (χ1) is 5.72. The van der Waals surface area contributed by atoms with Crippen LogP contribution in [-0.2, 0) is 6.42 Å². The Hall–Kier alpha value is -1.04. The summed E-state index contributed by atoms with van der Waals surface area (Å²) in [6.07, 6.45) is 3.32. The molecule has 0 unspecified atom stereocenters. The molecule has 0 N–H and O–H groups in total. The lowest BCUT2D eigenvalue weighted by atomic mass is 10.1. The number of aryl methyl sites for hydroxylation is 1. The zero-order chi connectivity index (χ0) is 8.97. The number of benzene rings is 1. The predicted molar refractivity (Wildman–Crippen MR) is 55.1 cm³/mol. The Balaban J connectivity index is 2.94. The van der Waals surface area contributed by atoms with Gasteiger partial charge in [-0.25, -0.2) is 0 Å². The first-order valence-corrected chi connectivity index (χ1v) is 4.46. The molecule has 0 heterocycles. The maximum Gasteiger partial charge on any atom is -0.0255 e. The minimum absolute atomic E-state index is 1.12. The molecule has 0 atom stereocenters. The molecule has 0 aromatic heterocycles. The van der Waals surface area contributed by atoms with Gasteiger partial charge in [0, 0.05) is 0 Å². The zero-order valence-corrected chi connectivity index (χ0v) is 8.09. The number of hydrogen-bond acceptors (Lipinski definition) is 0. The standard InChI is InChI=1S/C12H16/c1-4-11-6-5-7-12(9-11)8-10(2)3/h5-9H,4H2,1-3H3. The fourth-order valence-electron chi connectivity index (χ4n) is 1.24. The van der Waals surface area contributed by atoms with Crippen molar-refractivity contribution in [3.63, 3.8) is 0 Å². The molecule has 0 radical (unpaired) electrons. The summed E-state index contributed by atoms with van der Waals surface area (Å²) in [5.41, 5.74) is 4.07. The highest BCUT2D eigenvalue weighted by Gasteiger charge is 1.90. The van der Waals surface area contributed by atoms with Crippen LogP contribution in [0.5, 0.6) is 0 Å². The van der Waals surface area contributed by atoms with Gasteiger partial charge in [-0.3, -0.25) is 0 Å². The summed E-state index contributed by atoms with van der Waals surface area (Å²) in [4.78, 5) is 0. The summed E-state index contributed by atoms with van der Waals surface area (Å²) in [6.45, 7) is 6.43. The molecule has 0 nitrogen and oxygen atoms in total. The summed E-state index contributed by atoms with van der Waals surface area (Å²) in [5.74, 6) is 0. The zero-order valence-electron chi connectivity index (χ0n) is 8.09. The third-order valence-corrected chi connectivity index (χ3v) is 1.81. The van der Waals surface area contributed by atoms with Crippen molar-refractivity contribution >= 4 is 6.08 Å². The lowest BCUT2D eigenvalue weighted by Crippen LogP contribution is -1.80. The minimum atomic E-state index is 1.12. The highest BCUT2D eigenvalue weighted by molar-refractivity contribution is 5.52. The molecule has 1 rings (SSSR count). The van der Waals surface area contributed by atoms with Gasteiger partial charge in [-0.1, -0.05) is 42.8 Å². The van der Waals surface area contributed by atoms with Crippen molar-refractivity contribution in [1.82, 2.24) is 0 Å². The van der Waals surface area contributed by atoms with Crippen LogP contribution in [0.3, 0.4) is 0 Å². The van der Waals surface area contributed by atoms with Crippen molar-refractivity contribution in [1.29, 1.82) is 0 Å². The Morgan fingerprint density at radius 1 is 1.33 bits per heavy atom. The van der Waals surface area contributed by atoms with E-state index >= 15 is 0 Å². The van der Waals surface area contributed by atoms with E-state index in [4.69, 9.17) is 0 Å². The van der Waals surface area contributed by atoms with Crippen molar-refractivity contribution < 1.29 is 0 Å². The van der Waals surface area contributed by atoms with E-state index in [1.54, 1.807) is 0 Å². The van der Waals surface area contributed by atoms with Gasteiger partial charge in [0.2, 0.25) is 0 Å². The van der Waals surface area contributed by atoms with Gasteiger partial charge in [0.15, 0.2) is 0 Å². The quantitative estimate of drug-likeness (QED) is 0.619. The summed E-state index contributed by atoms with van der Waals surface area (Å²) in [7, 11) is 0. The summed E-state index contributed by atoms with van der Waals surface area (Å²) < 4.78 is 0. The third-order valence-electron chi connectivity index (χ3n) is 1.81. The van der Waals surface area contributed by atoms with Gasteiger partial charge in [0.05, 0.1) is 0 Å². The van der Waals surface area contributed by atoms with E-state index in [9.17, 15) is 0 Å². The largest absolute Gasteiger partial charge is 0.0758 e. The lowest BCUT2D eigenvalue weighted by molar-refractivity contribution is 1.14. The van der Waals surface area contributed by atoms with Crippen molar-refractivity contribution in [2.24, 2.45) is 0 Å². The summed E-state index contributed by atoms with van der Waals surface area (Å²) in [6, 6.07) is 8.68. The molecule has 1 aromatic rings. The van der Waals surface area contributed by atoms with Crippen LogP contribution in [-0.4, -0.2) is 0 Å². The molecule has 0 saturated carbocycles. The maximum absolute atomic E-state index is 2.24. The van der Waals surface area contributed by atoms with Crippen LogP contribution in [0.4, 0.5) is 0 Å².